The number of hydrogen-bond acceptors (Lipinski definition) is 2. The highest BCUT2D eigenvalue weighted by Gasteiger charge is 2.33. The van der Waals surface area contributed by atoms with Crippen molar-refractivity contribution >= 4 is 5.97 Å². The first-order valence-corrected chi connectivity index (χ1v) is 8.18. The minimum absolute atomic E-state index is 0.0554. The van der Waals surface area contributed by atoms with Gasteiger partial charge in [-0.25, -0.2) is 0 Å². The van der Waals surface area contributed by atoms with Crippen molar-refractivity contribution < 1.29 is 9.90 Å². The summed E-state index contributed by atoms with van der Waals surface area (Å²) < 4.78 is 0. The van der Waals surface area contributed by atoms with Gasteiger partial charge in [-0.3, -0.25) is 9.69 Å². The highest BCUT2D eigenvalue weighted by Crippen LogP contribution is 2.34. The second-order valence-corrected chi connectivity index (χ2v) is 7.82. The molecular weight excluding hydrogens is 250 g/mol. The lowest BCUT2D eigenvalue weighted by Crippen LogP contribution is -2.50. The molecule has 118 valence electrons. The summed E-state index contributed by atoms with van der Waals surface area (Å²) in [6.45, 7) is 11.9. The third kappa shape index (κ3) is 5.82. The van der Waals surface area contributed by atoms with Crippen LogP contribution in [0, 0.1) is 11.8 Å². The van der Waals surface area contributed by atoms with Crippen molar-refractivity contribution in [3.05, 3.63) is 0 Å². The number of carboxylic acid groups (broad SMARTS) is 1. The molecule has 0 aromatic rings. The van der Waals surface area contributed by atoms with E-state index in [0.717, 1.165) is 11.8 Å². The van der Waals surface area contributed by atoms with Crippen LogP contribution < -0.4 is 0 Å². The van der Waals surface area contributed by atoms with E-state index < -0.39 is 5.97 Å². The Labute approximate surface area is 124 Å². The summed E-state index contributed by atoms with van der Waals surface area (Å²) in [5, 5.41) is 8.97. The van der Waals surface area contributed by atoms with Gasteiger partial charge in [0, 0.05) is 18.1 Å². The van der Waals surface area contributed by atoms with Gasteiger partial charge in [-0.15, -0.1) is 0 Å². The Bertz CT molecular complexity index is 307. The van der Waals surface area contributed by atoms with Gasteiger partial charge in [0.1, 0.15) is 0 Å². The molecule has 0 bridgehead atoms. The van der Waals surface area contributed by atoms with Gasteiger partial charge in [-0.2, -0.15) is 0 Å². The maximum Gasteiger partial charge on any atom is 0.304 e. The zero-order valence-electron chi connectivity index (χ0n) is 14.0. The summed E-state index contributed by atoms with van der Waals surface area (Å²) in [5.74, 6) is 0.901. The normalized spacial score (nSPS) is 24.4. The first-order chi connectivity index (χ1) is 9.20. The van der Waals surface area contributed by atoms with Crippen LogP contribution in [0.25, 0.3) is 0 Å². The Balaban J connectivity index is 2.67. The third-order valence-corrected chi connectivity index (χ3v) is 4.43. The number of nitrogens with zero attached hydrogens (tertiary/aromatic N) is 1. The lowest BCUT2D eigenvalue weighted by atomic mass is 9.79. The average molecular weight is 283 g/mol. The van der Waals surface area contributed by atoms with Gasteiger partial charge in [0.2, 0.25) is 0 Å². The Morgan fingerprint density at radius 2 is 1.95 bits per heavy atom. The van der Waals surface area contributed by atoms with Crippen molar-refractivity contribution in [3.63, 3.8) is 0 Å². The molecule has 0 aromatic heterocycles. The fourth-order valence-electron chi connectivity index (χ4n) is 3.71. The quantitative estimate of drug-likeness (QED) is 0.795. The number of carbonyl (C=O) groups is 1. The van der Waals surface area contributed by atoms with E-state index in [0.29, 0.717) is 12.6 Å². The van der Waals surface area contributed by atoms with Crippen LogP contribution in [0.5, 0.6) is 0 Å². The van der Waals surface area contributed by atoms with E-state index in [4.69, 9.17) is 5.11 Å². The molecule has 1 N–H and O–H groups in total. The van der Waals surface area contributed by atoms with Gasteiger partial charge in [-0.1, -0.05) is 26.7 Å². The number of hydrogen-bond donors (Lipinski definition) is 1. The molecule has 0 aromatic carbocycles. The van der Waals surface area contributed by atoms with Crippen molar-refractivity contribution in [2.24, 2.45) is 11.8 Å². The monoisotopic (exact) mass is 283 g/mol. The van der Waals surface area contributed by atoms with Crippen LogP contribution >= 0.6 is 0 Å². The van der Waals surface area contributed by atoms with E-state index in [2.05, 4.69) is 39.5 Å². The smallest absolute Gasteiger partial charge is 0.304 e. The summed E-state index contributed by atoms with van der Waals surface area (Å²) in [5.41, 5.74) is 0.0554. The van der Waals surface area contributed by atoms with Crippen molar-refractivity contribution in [2.45, 2.75) is 84.7 Å². The number of carboxylic acids is 1. The van der Waals surface area contributed by atoms with Crippen LogP contribution in [-0.2, 0) is 4.79 Å². The molecule has 0 spiro atoms. The van der Waals surface area contributed by atoms with Gasteiger partial charge in [0.05, 0.1) is 6.42 Å². The predicted molar refractivity (Wildman–Crippen MR) is 83.9 cm³/mol. The lowest BCUT2D eigenvalue weighted by Gasteiger charge is -2.45. The molecule has 1 fully saturated rings. The average Bonchev–Trinajstić information content (AvgIpc) is 2.26. The van der Waals surface area contributed by atoms with Crippen molar-refractivity contribution in [2.75, 3.05) is 6.54 Å². The molecule has 3 heteroatoms. The van der Waals surface area contributed by atoms with Crippen LogP contribution in [0.15, 0.2) is 0 Å². The SMILES string of the molecule is CC(C)CC1CCCC(N(CCC(=O)O)C(C)(C)C)C1. The molecule has 1 aliphatic carbocycles. The molecule has 0 saturated heterocycles. The van der Waals surface area contributed by atoms with Gasteiger partial charge in [0.25, 0.3) is 0 Å². The molecule has 0 heterocycles. The van der Waals surface area contributed by atoms with Crippen LogP contribution in [0.4, 0.5) is 0 Å². The molecule has 1 aliphatic rings. The fourth-order valence-corrected chi connectivity index (χ4v) is 3.71. The standard InChI is InChI=1S/C17H33NO2/c1-13(2)11-14-7-6-8-15(12-14)18(17(3,4)5)10-9-16(19)20/h13-15H,6-12H2,1-5H3,(H,19,20). The summed E-state index contributed by atoms with van der Waals surface area (Å²) in [6, 6.07) is 0.562. The summed E-state index contributed by atoms with van der Waals surface area (Å²) >= 11 is 0. The van der Waals surface area contributed by atoms with E-state index in [1.807, 2.05) is 0 Å². The maximum absolute atomic E-state index is 10.9. The molecule has 2 unspecified atom stereocenters. The number of rotatable bonds is 6. The van der Waals surface area contributed by atoms with Gasteiger partial charge in [0.15, 0.2) is 0 Å². The molecule has 0 radical (unpaired) electrons. The first-order valence-electron chi connectivity index (χ1n) is 8.18. The predicted octanol–water partition coefficient (Wildman–Crippen LogP) is 4.17. The molecule has 2 atom stereocenters. The third-order valence-electron chi connectivity index (χ3n) is 4.43. The Morgan fingerprint density at radius 1 is 1.30 bits per heavy atom. The second-order valence-electron chi connectivity index (χ2n) is 7.82. The molecular formula is C17H33NO2. The van der Waals surface area contributed by atoms with Gasteiger partial charge in [-0.05, 0) is 51.9 Å². The van der Waals surface area contributed by atoms with E-state index >= 15 is 0 Å². The molecule has 20 heavy (non-hydrogen) atoms. The van der Waals surface area contributed by atoms with Crippen LogP contribution in [0.3, 0.4) is 0 Å². The van der Waals surface area contributed by atoms with E-state index in [1.54, 1.807) is 0 Å². The van der Waals surface area contributed by atoms with Gasteiger partial charge < -0.3 is 5.11 Å². The molecule has 1 rings (SSSR count). The molecule has 3 nitrogen and oxygen atoms in total. The molecule has 0 amide bonds. The second kappa shape index (κ2) is 7.44. The highest BCUT2D eigenvalue weighted by molar-refractivity contribution is 5.66. The number of aliphatic carboxylic acids is 1. The first kappa shape index (κ1) is 17.5. The van der Waals surface area contributed by atoms with Crippen molar-refractivity contribution in [1.82, 2.24) is 4.90 Å². The Hall–Kier alpha value is -0.570. The fraction of sp³-hybridized carbons (Fsp3) is 0.941. The van der Waals surface area contributed by atoms with Crippen LogP contribution in [-0.4, -0.2) is 34.1 Å². The van der Waals surface area contributed by atoms with Gasteiger partial charge >= 0.3 is 5.97 Å². The van der Waals surface area contributed by atoms with E-state index in [9.17, 15) is 4.79 Å². The Kier molecular flexibility index (Phi) is 6.50. The van der Waals surface area contributed by atoms with E-state index in [-0.39, 0.29) is 12.0 Å². The largest absolute Gasteiger partial charge is 0.481 e. The minimum Gasteiger partial charge on any atom is -0.481 e. The topological polar surface area (TPSA) is 40.5 Å². The minimum atomic E-state index is -0.686. The lowest BCUT2D eigenvalue weighted by molar-refractivity contribution is -0.137. The summed E-state index contributed by atoms with van der Waals surface area (Å²) in [7, 11) is 0. The molecule has 1 saturated carbocycles. The van der Waals surface area contributed by atoms with E-state index in [1.165, 1.54) is 32.1 Å². The van der Waals surface area contributed by atoms with Crippen molar-refractivity contribution in [1.29, 1.82) is 0 Å². The maximum atomic E-state index is 10.9. The van der Waals surface area contributed by atoms with Crippen LogP contribution in [0.1, 0.15) is 73.1 Å². The zero-order valence-corrected chi connectivity index (χ0v) is 14.0. The van der Waals surface area contributed by atoms with Crippen molar-refractivity contribution in [3.8, 4) is 0 Å². The highest BCUT2D eigenvalue weighted by atomic mass is 16.4. The zero-order chi connectivity index (χ0) is 15.3. The van der Waals surface area contributed by atoms with Crippen LogP contribution in [0.2, 0.25) is 0 Å². The summed E-state index contributed by atoms with van der Waals surface area (Å²) in [6.07, 6.45) is 6.68. The molecule has 0 aliphatic heterocycles. The summed E-state index contributed by atoms with van der Waals surface area (Å²) in [4.78, 5) is 13.3. The Morgan fingerprint density at radius 3 is 2.45 bits per heavy atom.